The molecule has 0 radical (unpaired) electrons. The van der Waals surface area contributed by atoms with Gasteiger partial charge in [-0.1, -0.05) is 12.1 Å². The van der Waals surface area contributed by atoms with Gasteiger partial charge in [0.05, 0.1) is 30.7 Å². The van der Waals surface area contributed by atoms with Crippen LogP contribution in [-0.4, -0.2) is 55.2 Å². The van der Waals surface area contributed by atoms with Gasteiger partial charge in [0.25, 0.3) is 5.91 Å². The maximum absolute atomic E-state index is 12.3. The van der Waals surface area contributed by atoms with Crippen molar-refractivity contribution in [1.29, 1.82) is 0 Å². The third kappa shape index (κ3) is 5.27. The molecule has 1 saturated heterocycles. The number of aromatic nitrogens is 1. The fourth-order valence-corrected chi connectivity index (χ4v) is 2.78. The van der Waals surface area contributed by atoms with Gasteiger partial charge in [-0.05, 0) is 30.7 Å². The summed E-state index contributed by atoms with van der Waals surface area (Å²) in [5.74, 6) is -0.103. The van der Waals surface area contributed by atoms with Crippen molar-refractivity contribution in [3.63, 3.8) is 0 Å². The van der Waals surface area contributed by atoms with E-state index in [-0.39, 0.29) is 5.91 Å². The lowest BCUT2D eigenvalue weighted by atomic mass is 10.2. The molecule has 132 valence electrons. The van der Waals surface area contributed by atoms with Crippen LogP contribution in [0.25, 0.3) is 0 Å². The molecular formula is C19H24N4O2. The van der Waals surface area contributed by atoms with Crippen molar-refractivity contribution >= 4 is 17.3 Å². The molecule has 1 aromatic carbocycles. The molecule has 2 heterocycles. The second kappa shape index (κ2) is 8.60. The average Bonchev–Trinajstić information content (AvgIpc) is 2.63. The highest BCUT2D eigenvalue weighted by Crippen LogP contribution is 2.17. The molecule has 0 unspecified atom stereocenters. The zero-order chi connectivity index (χ0) is 17.5. The first-order valence-electron chi connectivity index (χ1n) is 8.58. The number of morpholine rings is 1. The predicted molar refractivity (Wildman–Crippen MR) is 98.3 cm³/mol. The normalized spacial score (nSPS) is 14.9. The van der Waals surface area contributed by atoms with Crippen molar-refractivity contribution in [2.45, 2.75) is 6.92 Å². The standard InChI is InChI=1S/C19H24N4O2/c1-15-3-2-4-17(11-15)22-18-12-16(13-20-14-18)19(24)21-5-6-23-7-9-25-10-8-23/h2-4,11-14,22H,5-10H2,1H3,(H,21,24). The van der Waals surface area contributed by atoms with Crippen LogP contribution < -0.4 is 10.6 Å². The first-order valence-corrected chi connectivity index (χ1v) is 8.58. The molecular weight excluding hydrogens is 316 g/mol. The summed E-state index contributed by atoms with van der Waals surface area (Å²) in [6.45, 7) is 6.88. The second-order valence-corrected chi connectivity index (χ2v) is 6.17. The summed E-state index contributed by atoms with van der Waals surface area (Å²) < 4.78 is 5.32. The van der Waals surface area contributed by atoms with Crippen LogP contribution in [0.15, 0.2) is 42.7 Å². The van der Waals surface area contributed by atoms with Crippen LogP contribution in [0.4, 0.5) is 11.4 Å². The van der Waals surface area contributed by atoms with Gasteiger partial charge in [0.15, 0.2) is 0 Å². The van der Waals surface area contributed by atoms with Crippen molar-refractivity contribution in [2.24, 2.45) is 0 Å². The Balaban J connectivity index is 1.54. The zero-order valence-electron chi connectivity index (χ0n) is 14.5. The van der Waals surface area contributed by atoms with Crippen LogP contribution >= 0.6 is 0 Å². The number of hydrogen-bond donors (Lipinski definition) is 2. The molecule has 25 heavy (non-hydrogen) atoms. The minimum Gasteiger partial charge on any atom is -0.379 e. The molecule has 1 aliphatic rings. The minimum absolute atomic E-state index is 0.103. The lowest BCUT2D eigenvalue weighted by molar-refractivity contribution is 0.0383. The van der Waals surface area contributed by atoms with E-state index >= 15 is 0 Å². The van der Waals surface area contributed by atoms with Gasteiger partial charge < -0.3 is 15.4 Å². The summed E-state index contributed by atoms with van der Waals surface area (Å²) >= 11 is 0. The third-order valence-corrected chi connectivity index (χ3v) is 4.12. The van der Waals surface area contributed by atoms with E-state index in [4.69, 9.17) is 4.74 Å². The molecule has 6 nitrogen and oxygen atoms in total. The van der Waals surface area contributed by atoms with E-state index in [1.807, 2.05) is 31.2 Å². The third-order valence-electron chi connectivity index (χ3n) is 4.12. The number of ether oxygens (including phenoxy) is 1. The van der Waals surface area contributed by atoms with Crippen molar-refractivity contribution in [3.8, 4) is 0 Å². The van der Waals surface area contributed by atoms with Crippen molar-refractivity contribution < 1.29 is 9.53 Å². The Morgan fingerprint density at radius 1 is 1.20 bits per heavy atom. The van der Waals surface area contributed by atoms with Crippen LogP contribution in [0, 0.1) is 6.92 Å². The number of carbonyl (C=O) groups excluding carboxylic acids is 1. The molecule has 6 heteroatoms. The van der Waals surface area contributed by atoms with E-state index in [1.165, 1.54) is 5.56 Å². The highest BCUT2D eigenvalue weighted by atomic mass is 16.5. The molecule has 0 aliphatic carbocycles. The van der Waals surface area contributed by atoms with E-state index < -0.39 is 0 Å². The number of rotatable bonds is 6. The first kappa shape index (κ1) is 17.4. The molecule has 0 atom stereocenters. The summed E-state index contributed by atoms with van der Waals surface area (Å²) in [7, 11) is 0. The molecule has 1 aliphatic heterocycles. The highest BCUT2D eigenvalue weighted by Gasteiger charge is 2.11. The molecule has 0 saturated carbocycles. The Morgan fingerprint density at radius 3 is 2.84 bits per heavy atom. The fourth-order valence-electron chi connectivity index (χ4n) is 2.78. The number of nitrogens with one attached hydrogen (secondary N) is 2. The average molecular weight is 340 g/mol. The number of hydrogen-bond acceptors (Lipinski definition) is 5. The molecule has 3 rings (SSSR count). The lowest BCUT2D eigenvalue weighted by Crippen LogP contribution is -2.41. The number of aryl methyl sites for hydroxylation is 1. The quantitative estimate of drug-likeness (QED) is 0.844. The van der Waals surface area contributed by atoms with Gasteiger partial charge in [-0.3, -0.25) is 14.7 Å². The summed E-state index contributed by atoms with van der Waals surface area (Å²) in [4.78, 5) is 18.8. The Hall–Kier alpha value is -2.44. The monoisotopic (exact) mass is 340 g/mol. The Bertz CT molecular complexity index is 714. The Labute approximate surface area is 148 Å². The van der Waals surface area contributed by atoms with Crippen LogP contribution in [-0.2, 0) is 4.74 Å². The largest absolute Gasteiger partial charge is 0.379 e. The zero-order valence-corrected chi connectivity index (χ0v) is 14.5. The Morgan fingerprint density at radius 2 is 2.04 bits per heavy atom. The summed E-state index contributed by atoms with van der Waals surface area (Å²) in [6, 6.07) is 9.89. The van der Waals surface area contributed by atoms with E-state index in [0.717, 1.165) is 44.2 Å². The maximum Gasteiger partial charge on any atom is 0.252 e. The van der Waals surface area contributed by atoms with Gasteiger partial charge in [-0.15, -0.1) is 0 Å². The lowest BCUT2D eigenvalue weighted by Gasteiger charge is -2.26. The summed E-state index contributed by atoms with van der Waals surface area (Å²) in [6.07, 6.45) is 3.30. The van der Waals surface area contributed by atoms with Gasteiger partial charge in [0.1, 0.15) is 0 Å². The molecule has 1 aromatic heterocycles. The predicted octanol–water partition coefficient (Wildman–Crippen LogP) is 2.20. The number of nitrogens with zero attached hydrogens (tertiary/aromatic N) is 2. The molecule has 2 aromatic rings. The van der Waals surface area contributed by atoms with Crippen molar-refractivity contribution in [1.82, 2.24) is 15.2 Å². The van der Waals surface area contributed by atoms with Crippen LogP contribution in [0.3, 0.4) is 0 Å². The van der Waals surface area contributed by atoms with E-state index in [2.05, 4.69) is 26.6 Å². The van der Waals surface area contributed by atoms with Crippen molar-refractivity contribution in [3.05, 3.63) is 53.9 Å². The van der Waals surface area contributed by atoms with Crippen LogP contribution in [0.5, 0.6) is 0 Å². The topological polar surface area (TPSA) is 66.5 Å². The molecule has 0 bridgehead atoms. The number of anilines is 2. The van der Waals surface area contributed by atoms with E-state index in [0.29, 0.717) is 12.1 Å². The Kier molecular flexibility index (Phi) is 5.98. The highest BCUT2D eigenvalue weighted by molar-refractivity contribution is 5.94. The smallest absolute Gasteiger partial charge is 0.252 e. The second-order valence-electron chi connectivity index (χ2n) is 6.17. The van der Waals surface area contributed by atoms with E-state index in [1.54, 1.807) is 12.4 Å². The molecule has 0 spiro atoms. The van der Waals surface area contributed by atoms with Crippen molar-refractivity contribution in [2.75, 3.05) is 44.7 Å². The van der Waals surface area contributed by atoms with Crippen LogP contribution in [0.2, 0.25) is 0 Å². The summed E-state index contributed by atoms with van der Waals surface area (Å²) in [5.41, 5.74) is 3.51. The number of pyridine rings is 1. The number of benzene rings is 1. The summed E-state index contributed by atoms with van der Waals surface area (Å²) in [5, 5.41) is 6.24. The van der Waals surface area contributed by atoms with Gasteiger partial charge in [-0.2, -0.15) is 0 Å². The van der Waals surface area contributed by atoms with E-state index in [9.17, 15) is 4.79 Å². The maximum atomic E-state index is 12.3. The van der Waals surface area contributed by atoms with Gasteiger partial charge in [-0.25, -0.2) is 0 Å². The van der Waals surface area contributed by atoms with Gasteiger partial charge >= 0.3 is 0 Å². The first-order chi connectivity index (χ1) is 12.2. The number of amides is 1. The number of carbonyl (C=O) groups is 1. The molecule has 1 amide bonds. The molecule has 1 fully saturated rings. The van der Waals surface area contributed by atoms with Gasteiger partial charge in [0.2, 0.25) is 0 Å². The minimum atomic E-state index is -0.103. The fraction of sp³-hybridized carbons (Fsp3) is 0.368. The van der Waals surface area contributed by atoms with Crippen LogP contribution in [0.1, 0.15) is 15.9 Å². The molecule has 2 N–H and O–H groups in total. The SMILES string of the molecule is Cc1cccc(Nc2cncc(C(=O)NCCN3CCOCC3)c2)c1. The van der Waals surface area contributed by atoms with Gasteiger partial charge in [0, 0.05) is 38.1 Å².